The zero-order valence-electron chi connectivity index (χ0n) is 19.9. The van der Waals surface area contributed by atoms with Crippen molar-refractivity contribution in [3.63, 3.8) is 0 Å². The van der Waals surface area contributed by atoms with E-state index in [2.05, 4.69) is 13.8 Å². The maximum absolute atomic E-state index is 12.5. The van der Waals surface area contributed by atoms with Crippen molar-refractivity contribution in [1.82, 2.24) is 0 Å². The van der Waals surface area contributed by atoms with Gasteiger partial charge in [-0.05, 0) is 73.7 Å². The first-order chi connectivity index (χ1) is 15.6. The number of carbonyl (C=O) groups is 3. The van der Waals surface area contributed by atoms with E-state index >= 15 is 0 Å². The predicted molar refractivity (Wildman–Crippen MR) is 118 cm³/mol. The summed E-state index contributed by atoms with van der Waals surface area (Å²) in [7, 11) is 0. The summed E-state index contributed by atoms with van der Waals surface area (Å²) in [5, 5.41) is 12.5. The fraction of sp³-hybridized carbons (Fsp3) is 0.808. The number of fused-ring (bicyclic) bond motifs is 5. The van der Waals surface area contributed by atoms with Gasteiger partial charge in [0.25, 0.3) is 6.47 Å². The summed E-state index contributed by atoms with van der Waals surface area (Å²) in [4.78, 5) is 34.8. The molecule has 0 spiro atoms. The summed E-state index contributed by atoms with van der Waals surface area (Å²) in [5.41, 5.74) is -0.523. The van der Waals surface area contributed by atoms with Crippen LogP contribution in [0, 0.1) is 34.5 Å². The molecule has 0 amide bonds. The Morgan fingerprint density at radius 1 is 1.18 bits per heavy atom. The molecule has 0 aromatic heterocycles. The van der Waals surface area contributed by atoms with Crippen LogP contribution in [0.15, 0.2) is 11.6 Å². The van der Waals surface area contributed by atoms with Gasteiger partial charge in [-0.2, -0.15) is 0 Å². The van der Waals surface area contributed by atoms with E-state index in [1.54, 1.807) is 0 Å². The van der Waals surface area contributed by atoms with Crippen molar-refractivity contribution < 1.29 is 33.7 Å². The number of aliphatic hydroxyl groups is 1. The Kier molecular flexibility index (Phi) is 5.42. The zero-order chi connectivity index (χ0) is 23.6. The summed E-state index contributed by atoms with van der Waals surface area (Å²) >= 11 is 0. The predicted octanol–water partition coefficient (Wildman–Crippen LogP) is 3.33. The average Bonchev–Trinajstić information content (AvgIpc) is 3.25. The Labute approximate surface area is 195 Å². The van der Waals surface area contributed by atoms with Crippen LogP contribution >= 0.6 is 0 Å². The third kappa shape index (κ3) is 3.28. The van der Waals surface area contributed by atoms with Gasteiger partial charge in [0.1, 0.15) is 18.8 Å². The highest BCUT2D eigenvalue weighted by atomic mass is 16.5. The molecule has 0 aromatic rings. The first kappa shape index (κ1) is 22.9. The molecule has 5 rings (SSSR count). The fourth-order valence-electron chi connectivity index (χ4n) is 8.94. The molecule has 0 radical (unpaired) electrons. The van der Waals surface area contributed by atoms with Gasteiger partial charge in [-0.3, -0.25) is 9.59 Å². The molecule has 182 valence electrons. The minimum absolute atomic E-state index is 0.00474. The van der Waals surface area contributed by atoms with E-state index in [0.29, 0.717) is 24.7 Å². The lowest BCUT2D eigenvalue weighted by Gasteiger charge is -2.63. The van der Waals surface area contributed by atoms with Crippen LogP contribution in [0.2, 0.25) is 0 Å². The lowest BCUT2D eigenvalue weighted by molar-refractivity contribution is -0.209. The van der Waals surface area contributed by atoms with E-state index < -0.39 is 17.1 Å². The van der Waals surface area contributed by atoms with Crippen LogP contribution in [0.1, 0.15) is 72.1 Å². The largest absolute Gasteiger partial charge is 0.465 e. The summed E-state index contributed by atoms with van der Waals surface area (Å²) in [6, 6.07) is 0. The van der Waals surface area contributed by atoms with Gasteiger partial charge in [0.15, 0.2) is 0 Å². The molecule has 4 aliphatic carbocycles. The van der Waals surface area contributed by atoms with Crippen molar-refractivity contribution in [3.05, 3.63) is 11.6 Å². The lowest BCUT2D eigenvalue weighted by atomic mass is 9.43. The van der Waals surface area contributed by atoms with E-state index in [1.807, 2.05) is 0 Å². The highest BCUT2D eigenvalue weighted by Crippen LogP contribution is 2.70. The SMILES string of the molecule is CC(=O)O[C@H]1C[C@]2(O)[C@@H]3CC[C@@H]4C[C@@H](OC=O)CC[C@]4(C)[C@H]3CC[C@]2(C)[C@H]1C1=CC(=O)OC1. The molecule has 0 saturated heterocycles. The summed E-state index contributed by atoms with van der Waals surface area (Å²) in [6.45, 7) is 6.70. The molecule has 7 nitrogen and oxygen atoms in total. The number of ether oxygens (including phenoxy) is 3. The minimum atomic E-state index is -0.975. The van der Waals surface area contributed by atoms with Crippen molar-refractivity contribution in [1.29, 1.82) is 0 Å². The third-order valence-corrected chi connectivity index (χ3v) is 10.4. The van der Waals surface area contributed by atoms with Crippen molar-refractivity contribution >= 4 is 18.4 Å². The molecular formula is C26H36O7. The Morgan fingerprint density at radius 3 is 2.64 bits per heavy atom. The first-order valence-corrected chi connectivity index (χ1v) is 12.5. The number of hydrogen-bond donors (Lipinski definition) is 1. The van der Waals surface area contributed by atoms with Crippen molar-refractivity contribution in [2.45, 2.75) is 89.9 Å². The molecule has 33 heavy (non-hydrogen) atoms. The van der Waals surface area contributed by atoms with Gasteiger partial charge in [0.05, 0.1) is 5.60 Å². The van der Waals surface area contributed by atoms with Crippen LogP contribution in [0.4, 0.5) is 0 Å². The second-order valence-electron chi connectivity index (χ2n) is 11.7. The first-order valence-electron chi connectivity index (χ1n) is 12.5. The van der Waals surface area contributed by atoms with Crippen LogP contribution < -0.4 is 0 Å². The van der Waals surface area contributed by atoms with Crippen molar-refractivity contribution in [2.75, 3.05) is 6.61 Å². The molecular weight excluding hydrogens is 424 g/mol. The second kappa shape index (κ2) is 7.82. The summed E-state index contributed by atoms with van der Waals surface area (Å²) < 4.78 is 16.3. The lowest BCUT2D eigenvalue weighted by Crippen LogP contribution is -2.62. The molecule has 4 fully saturated rings. The van der Waals surface area contributed by atoms with Gasteiger partial charge < -0.3 is 19.3 Å². The number of rotatable bonds is 4. The van der Waals surface area contributed by atoms with Gasteiger partial charge in [0.2, 0.25) is 0 Å². The Morgan fingerprint density at radius 2 is 1.97 bits per heavy atom. The highest BCUT2D eigenvalue weighted by molar-refractivity contribution is 5.85. The minimum Gasteiger partial charge on any atom is -0.465 e. The zero-order valence-corrected chi connectivity index (χ0v) is 19.9. The van der Waals surface area contributed by atoms with Gasteiger partial charge in [-0.15, -0.1) is 0 Å². The van der Waals surface area contributed by atoms with Gasteiger partial charge in [0, 0.05) is 30.8 Å². The van der Waals surface area contributed by atoms with Crippen molar-refractivity contribution in [3.8, 4) is 0 Å². The maximum Gasteiger partial charge on any atom is 0.331 e. The molecule has 7 heteroatoms. The molecule has 1 N–H and O–H groups in total. The highest BCUT2D eigenvalue weighted by Gasteiger charge is 2.71. The summed E-state index contributed by atoms with van der Waals surface area (Å²) in [6.07, 6.45) is 7.99. The van der Waals surface area contributed by atoms with E-state index in [9.17, 15) is 19.5 Å². The van der Waals surface area contributed by atoms with Gasteiger partial charge >= 0.3 is 11.9 Å². The van der Waals surface area contributed by atoms with Gasteiger partial charge in [-0.25, -0.2) is 4.79 Å². The van der Waals surface area contributed by atoms with Gasteiger partial charge in [-0.1, -0.05) is 13.8 Å². The Hall–Kier alpha value is -1.89. The van der Waals surface area contributed by atoms with E-state index in [0.717, 1.165) is 50.5 Å². The number of hydrogen-bond acceptors (Lipinski definition) is 7. The maximum atomic E-state index is 12.5. The van der Waals surface area contributed by atoms with E-state index in [1.165, 1.54) is 13.0 Å². The van der Waals surface area contributed by atoms with Crippen LogP contribution in [0.3, 0.4) is 0 Å². The fourth-order valence-corrected chi connectivity index (χ4v) is 8.94. The Bertz CT molecular complexity index is 882. The molecule has 1 aliphatic heterocycles. The number of carbonyl (C=O) groups excluding carboxylic acids is 3. The quantitative estimate of drug-likeness (QED) is 0.390. The molecule has 0 unspecified atom stereocenters. The second-order valence-corrected chi connectivity index (χ2v) is 11.7. The van der Waals surface area contributed by atoms with Crippen LogP contribution in [-0.4, -0.2) is 47.9 Å². The van der Waals surface area contributed by atoms with Crippen LogP contribution in [0.5, 0.6) is 0 Å². The molecule has 0 aromatic carbocycles. The average molecular weight is 461 g/mol. The monoisotopic (exact) mass is 460 g/mol. The molecule has 1 heterocycles. The molecule has 9 atom stereocenters. The molecule has 0 bridgehead atoms. The standard InChI is InChI=1S/C26H36O7/c1-15(28)33-21-12-26(30)20-5-4-17-11-18(32-14-27)6-8-24(17,2)19(20)7-9-25(26,3)23(21)16-10-22(29)31-13-16/h10,14,17-21,23,30H,4-9,11-13H2,1-3H3/t17-,18+,19+,20-,21+,23+,24+,25-,26+/m1/s1. The van der Waals surface area contributed by atoms with Crippen LogP contribution in [0.25, 0.3) is 0 Å². The molecule has 5 aliphatic rings. The van der Waals surface area contributed by atoms with E-state index in [4.69, 9.17) is 14.2 Å². The van der Waals surface area contributed by atoms with Crippen molar-refractivity contribution in [2.24, 2.45) is 34.5 Å². The number of esters is 2. The Balaban J connectivity index is 1.48. The number of cyclic esters (lactones) is 1. The topological polar surface area (TPSA) is 99.1 Å². The summed E-state index contributed by atoms with van der Waals surface area (Å²) in [5.74, 6) is 0.0296. The normalized spacial score (nSPS) is 48.6. The van der Waals surface area contributed by atoms with Crippen LogP contribution in [-0.2, 0) is 28.6 Å². The van der Waals surface area contributed by atoms with E-state index in [-0.39, 0.29) is 41.9 Å². The smallest absolute Gasteiger partial charge is 0.331 e. The third-order valence-electron chi connectivity index (χ3n) is 10.4. The molecule has 4 saturated carbocycles.